The van der Waals surface area contributed by atoms with E-state index < -0.39 is 0 Å². The van der Waals surface area contributed by atoms with Crippen LogP contribution in [0.15, 0.2) is 103 Å². The Morgan fingerprint density at radius 2 is 0.778 bits per heavy atom. The SMILES string of the molecule is Nc1ccc(N2c3ccccc3N(c3ccccc3)c3ccccc32)cc1. The van der Waals surface area contributed by atoms with Gasteiger partial charge in [-0.3, -0.25) is 0 Å². The Morgan fingerprint density at radius 1 is 0.407 bits per heavy atom. The highest BCUT2D eigenvalue weighted by atomic mass is 15.3. The minimum absolute atomic E-state index is 0.767. The number of nitrogens with two attached hydrogens (primary N) is 1. The summed E-state index contributed by atoms with van der Waals surface area (Å²) in [6.45, 7) is 0. The molecule has 1 aliphatic heterocycles. The van der Waals surface area contributed by atoms with Gasteiger partial charge in [0, 0.05) is 17.1 Å². The second-order valence-corrected chi connectivity index (χ2v) is 6.58. The van der Waals surface area contributed by atoms with Crippen LogP contribution in [0.2, 0.25) is 0 Å². The van der Waals surface area contributed by atoms with Gasteiger partial charge in [-0.05, 0) is 60.7 Å². The van der Waals surface area contributed by atoms with Gasteiger partial charge in [-0.15, -0.1) is 0 Å². The normalized spacial score (nSPS) is 12.4. The van der Waals surface area contributed by atoms with Gasteiger partial charge in [-0.2, -0.15) is 0 Å². The summed E-state index contributed by atoms with van der Waals surface area (Å²) in [4.78, 5) is 4.61. The van der Waals surface area contributed by atoms with Gasteiger partial charge in [-0.1, -0.05) is 42.5 Å². The molecule has 0 radical (unpaired) electrons. The van der Waals surface area contributed by atoms with Crippen LogP contribution in [0.25, 0.3) is 0 Å². The first-order chi connectivity index (χ1) is 13.3. The van der Waals surface area contributed by atoms with Crippen molar-refractivity contribution >= 4 is 39.8 Å². The number of hydrogen-bond acceptors (Lipinski definition) is 3. The van der Waals surface area contributed by atoms with Crippen molar-refractivity contribution in [3.63, 3.8) is 0 Å². The Balaban J connectivity index is 1.78. The molecule has 0 aliphatic carbocycles. The minimum Gasteiger partial charge on any atom is -0.399 e. The van der Waals surface area contributed by atoms with Crippen LogP contribution in [0.1, 0.15) is 0 Å². The smallest absolute Gasteiger partial charge is 0.0703 e. The van der Waals surface area contributed by atoms with Crippen molar-refractivity contribution < 1.29 is 0 Å². The van der Waals surface area contributed by atoms with E-state index in [1.165, 1.54) is 0 Å². The van der Waals surface area contributed by atoms with E-state index in [4.69, 9.17) is 5.73 Å². The molecule has 5 rings (SSSR count). The van der Waals surface area contributed by atoms with Crippen molar-refractivity contribution in [3.05, 3.63) is 103 Å². The maximum absolute atomic E-state index is 5.92. The monoisotopic (exact) mass is 349 g/mol. The number of nitrogen functional groups attached to an aromatic ring is 1. The highest BCUT2D eigenvalue weighted by molar-refractivity contribution is 6.01. The predicted molar refractivity (Wildman–Crippen MR) is 114 cm³/mol. The molecule has 4 aromatic rings. The lowest BCUT2D eigenvalue weighted by Gasteiger charge is -2.40. The molecule has 0 saturated carbocycles. The topological polar surface area (TPSA) is 32.5 Å². The zero-order valence-corrected chi connectivity index (χ0v) is 14.8. The van der Waals surface area contributed by atoms with Gasteiger partial charge in [0.2, 0.25) is 0 Å². The van der Waals surface area contributed by atoms with E-state index in [1.54, 1.807) is 0 Å². The van der Waals surface area contributed by atoms with E-state index in [1.807, 2.05) is 18.2 Å². The van der Waals surface area contributed by atoms with Crippen LogP contribution in [-0.4, -0.2) is 0 Å². The summed E-state index contributed by atoms with van der Waals surface area (Å²) in [5.41, 5.74) is 13.5. The largest absolute Gasteiger partial charge is 0.399 e. The summed E-state index contributed by atoms with van der Waals surface area (Å²) in [5.74, 6) is 0. The Morgan fingerprint density at radius 3 is 1.22 bits per heavy atom. The Bertz CT molecular complexity index is 1040. The van der Waals surface area contributed by atoms with Crippen LogP contribution in [-0.2, 0) is 0 Å². The van der Waals surface area contributed by atoms with Crippen molar-refractivity contribution in [2.45, 2.75) is 0 Å². The molecule has 27 heavy (non-hydrogen) atoms. The predicted octanol–water partition coefficient (Wildman–Crippen LogP) is 6.52. The molecule has 4 aromatic carbocycles. The highest BCUT2D eigenvalue weighted by Gasteiger charge is 2.29. The van der Waals surface area contributed by atoms with E-state index in [9.17, 15) is 0 Å². The molecule has 0 bridgehead atoms. The summed E-state index contributed by atoms with van der Waals surface area (Å²) in [5, 5.41) is 0. The lowest BCUT2D eigenvalue weighted by molar-refractivity contribution is 1.17. The number of fused-ring (bicyclic) bond motifs is 2. The number of para-hydroxylation sites is 5. The van der Waals surface area contributed by atoms with Gasteiger partial charge in [0.05, 0.1) is 22.7 Å². The molecule has 3 heteroatoms. The maximum Gasteiger partial charge on any atom is 0.0703 e. The van der Waals surface area contributed by atoms with Crippen LogP contribution in [0.3, 0.4) is 0 Å². The van der Waals surface area contributed by atoms with Crippen molar-refractivity contribution in [2.24, 2.45) is 0 Å². The highest BCUT2D eigenvalue weighted by Crippen LogP contribution is 2.53. The fraction of sp³-hybridized carbons (Fsp3) is 0. The molecular formula is C24H19N3. The lowest BCUT2D eigenvalue weighted by atomic mass is 10.0. The Labute approximate surface area is 158 Å². The van der Waals surface area contributed by atoms with Crippen LogP contribution in [0.4, 0.5) is 39.8 Å². The van der Waals surface area contributed by atoms with Crippen molar-refractivity contribution in [1.82, 2.24) is 0 Å². The van der Waals surface area contributed by atoms with Crippen LogP contribution in [0.5, 0.6) is 0 Å². The Kier molecular flexibility index (Phi) is 3.58. The van der Waals surface area contributed by atoms with Crippen LogP contribution in [0, 0.1) is 0 Å². The molecule has 0 fully saturated rings. The number of anilines is 7. The van der Waals surface area contributed by atoms with Gasteiger partial charge in [0.25, 0.3) is 0 Å². The first-order valence-electron chi connectivity index (χ1n) is 9.02. The van der Waals surface area contributed by atoms with E-state index >= 15 is 0 Å². The van der Waals surface area contributed by atoms with Gasteiger partial charge in [0.1, 0.15) is 0 Å². The molecule has 3 nitrogen and oxygen atoms in total. The Hall–Kier alpha value is -3.72. The van der Waals surface area contributed by atoms with E-state index in [0.29, 0.717) is 0 Å². The van der Waals surface area contributed by atoms with E-state index in [0.717, 1.165) is 39.8 Å². The molecular weight excluding hydrogens is 330 g/mol. The maximum atomic E-state index is 5.92. The van der Waals surface area contributed by atoms with Gasteiger partial charge < -0.3 is 15.5 Å². The van der Waals surface area contributed by atoms with Gasteiger partial charge in [-0.25, -0.2) is 0 Å². The molecule has 1 heterocycles. The standard InChI is InChI=1S/C24H19N3/c25-18-14-16-20(17-15-18)27-23-12-6-4-10-21(23)26(19-8-2-1-3-9-19)22-11-5-7-13-24(22)27/h1-17H,25H2. The zero-order chi connectivity index (χ0) is 18.2. The van der Waals surface area contributed by atoms with E-state index in [-0.39, 0.29) is 0 Å². The van der Waals surface area contributed by atoms with Crippen LogP contribution < -0.4 is 15.5 Å². The average molecular weight is 349 g/mol. The number of nitrogens with zero attached hydrogens (tertiary/aromatic N) is 2. The molecule has 130 valence electrons. The molecule has 0 saturated heterocycles. The first kappa shape index (κ1) is 15.5. The van der Waals surface area contributed by atoms with Crippen LogP contribution >= 0.6 is 0 Å². The number of hydrogen-bond donors (Lipinski definition) is 1. The van der Waals surface area contributed by atoms with Gasteiger partial charge in [0.15, 0.2) is 0 Å². The lowest BCUT2D eigenvalue weighted by Crippen LogP contribution is -2.23. The van der Waals surface area contributed by atoms with Crippen molar-refractivity contribution in [1.29, 1.82) is 0 Å². The number of rotatable bonds is 2. The second kappa shape index (κ2) is 6.22. The summed E-state index contributed by atoms with van der Waals surface area (Å²) in [6.07, 6.45) is 0. The van der Waals surface area contributed by atoms with Crippen molar-refractivity contribution in [3.8, 4) is 0 Å². The van der Waals surface area contributed by atoms with Gasteiger partial charge >= 0.3 is 0 Å². The third-order valence-corrected chi connectivity index (χ3v) is 4.89. The summed E-state index contributed by atoms with van der Waals surface area (Å²) < 4.78 is 0. The molecule has 0 unspecified atom stereocenters. The average Bonchev–Trinajstić information content (AvgIpc) is 2.73. The minimum atomic E-state index is 0.767. The third-order valence-electron chi connectivity index (χ3n) is 4.89. The zero-order valence-electron chi connectivity index (χ0n) is 14.8. The van der Waals surface area contributed by atoms with Crippen molar-refractivity contribution in [2.75, 3.05) is 15.5 Å². The quantitative estimate of drug-likeness (QED) is 0.368. The molecule has 2 N–H and O–H groups in total. The third kappa shape index (κ3) is 2.52. The number of benzene rings is 4. The fourth-order valence-electron chi connectivity index (χ4n) is 3.70. The molecule has 0 atom stereocenters. The summed E-state index contributed by atoms with van der Waals surface area (Å²) >= 11 is 0. The fourth-order valence-corrected chi connectivity index (χ4v) is 3.70. The van der Waals surface area contributed by atoms with E-state index in [2.05, 4.69) is 94.7 Å². The molecule has 0 spiro atoms. The second-order valence-electron chi connectivity index (χ2n) is 6.58. The first-order valence-corrected chi connectivity index (χ1v) is 9.02. The summed E-state index contributed by atoms with van der Waals surface area (Å²) in [7, 11) is 0. The molecule has 0 amide bonds. The summed E-state index contributed by atoms with van der Waals surface area (Å²) in [6, 6.07) is 35.5. The molecule has 0 aromatic heterocycles. The molecule has 1 aliphatic rings.